The van der Waals surface area contributed by atoms with Gasteiger partial charge in [0.15, 0.2) is 0 Å². The second kappa shape index (κ2) is 4.08. The van der Waals surface area contributed by atoms with Crippen LogP contribution in [0.4, 0.5) is 0 Å². The first-order chi connectivity index (χ1) is 6.36. The van der Waals surface area contributed by atoms with Crippen LogP contribution in [0.5, 0.6) is 0 Å². The molecule has 0 radical (unpaired) electrons. The first-order valence-corrected chi connectivity index (χ1v) is 6.74. The molecule has 1 aromatic carbocycles. The van der Waals surface area contributed by atoms with Crippen LogP contribution in [0, 0.1) is 0 Å². The van der Waals surface area contributed by atoms with Crippen LogP contribution in [-0.4, -0.2) is 20.7 Å². The summed E-state index contributed by atoms with van der Waals surface area (Å²) in [6.07, 6.45) is 1.60. The molecular formula is C11H12OSe. The first-order valence-electron chi connectivity index (χ1n) is 4.54. The summed E-state index contributed by atoms with van der Waals surface area (Å²) < 4.78 is 0. The zero-order chi connectivity index (χ0) is 9.10. The molecule has 1 aliphatic rings. The Morgan fingerprint density at radius 2 is 2.00 bits per heavy atom. The average Bonchev–Trinajstić information content (AvgIpc) is 2.19. The summed E-state index contributed by atoms with van der Waals surface area (Å²) in [5.41, 5.74) is 1.36. The van der Waals surface area contributed by atoms with Crippen LogP contribution < -0.4 is 0 Å². The SMILES string of the molecule is O=C1CC[Se][C@H](c2ccccc2)C1. The molecule has 1 aliphatic heterocycles. The second-order valence-electron chi connectivity index (χ2n) is 3.26. The first kappa shape index (κ1) is 8.98. The molecule has 1 atom stereocenters. The van der Waals surface area contributed by atoms with Crippen molar-refractivity contribution in [3.8, 4) is 0 Å². The van der Waals surface area contributed by atoms with E-state index in [4.69, 9.17) is 0 Å². The zero-order valence-corrected chi connectivity index (χ0v) is 9.11. The average molecular weight is 239 g/mol. The Labute approximate surface area is 84.7 Å². The van der Waals surface area contributed by atoms with Crippen LogP contribution in [0.3, 0.4) is 0 Å². The number of ketones is 1. The molecule has 1 saturated heterocycles. The molecule has 2 rings (SSSR count). The van der Waals surface area contributed by atoms with Crippen molar-refractivity contribution in [3.63, 3.8) is 0 Å². The number of carbonyl (C=O) groups excluding carboxylic acids is 1. The standard InChI is InChI=1S/C11H12OSe/c12-10-6-7-13-11(8-10)9-4-2-1-3-5-9/h1-5,11H,6-8H2/t11-/m0/s1. The van der Waals surface area contributed by atoms with Gasteiger partial charge in [0.1, 0.15) is 0 Å². The molecular weight excluding hydrogens is 227 g/mol. The van der Waals surface area contributed by atoms with E-state index >= 15 is 0 Å². The summed E-state index contributed by atoms with van der Waals surface area (Å²) in [5, 5.41) is 1.13. The maximum atomic E-state index is 11.3. The number of Topliss-reactive ketones (excluding diaryl/α,β-unsaturated/α-hetero) is 1. The molecule has 0 saturated carbocycles. The van der Waals surface area contributed by atoms with Gasteiger partial charge in [-0.1, -0.05) is 0 Å². The molecule has 2 heteroatoms. The fraction of sp³-hybridized carbons (Fsp3) is 0.364. The van der Waals surface area contributed by atoms with E-state index in [1.807, 2.05) is 6.07 Å². The van der Waals surface area contributed by atoms with Gasteiger partial charge in [0.05, 0.1) is 0 Å². The number of hydrogen-bond donors (Lipinski definition) is 0. The van der Waals surface area contributed by atoms with Crippen LogP contribution in [-0.2, 0) is 4.79 Å². The van der Waals surface area contributed by atoms with Gasteiger partial charge in [-0.3, -0.25) is 0 Å². The zero-order valence-electron chi connectivity index (χ0n) is 7.40. The Morgan fingerprint density at radius 3 is 2.69 bits per heavy atom. The molecule has 1 nitrogen and oxygen atoms in total. The minimum atomic E-state index is 0.446. The van der Waals surface area contributed by atoms with Crippen LogP contribution >= 0.6 is 0 Å². The monoisotopic (exact) mass is 240 g/mol. The van der Waals surface area contributed by atoms with Crippen molar-refractivity contribution in [2.24, 2.45) is 0 Å². The molecule has 1 fully saturated rings. The van der Waals surface area contributed by atoms with Gasteiger partial charge in [-0.15, -0.1) is 0 Å². The van der Waals surface area contributed by atoms with Gasteiger partial charge in [0.2, 0.25) is 0 Å². The van der Waals surface area contributed by atoms with Crippen molar-refractivity contribution in [1.29, 1.82) is 0 Å². The quantitative estimate of drug-likeness (QED) is 0.687. The van der Waals surface area contributed by atoms with Gasteiger partial charge in [-0.05, 0) is 0 Å². The summed E-state index contributed by atoms with van der Waals surface area (Å²) in [7, 11) is 0. The molecule has 13 heavy (non-hydrogen) atoms. The van der Waals surface area contributed by atoms with Gasteiger partial charge in [0.25, 0.3) is 0 Å². The van der Waals surface area contributed by atoms with Crippen molar-refractivity contribution in [2.75, 3.05) is 0 Å². The molecule has 0 spiro atoms. The summed E-state index contributed by atoms with van der Waals surface area (Å²) in [6.45, 7) is 0. The molecule has 0 bridgehead atoms. The predicted molar refractivity (Wildman–Crippen MR) is 54.0 cm³/mol. The Hall–Kier alpha value is -0.591. The Kier molecular flexibility index (Phi) is 2.82. The minimum absolute atomic E-state index is 0.446. The van der Waals surface area contributed by atoms with Crippen molar-refractivity contribution >= 4 is 20.7 Å². The van der Waals surface area contributed by atoms with Crippen LogP contribution in [0.15, 0.2) is 30.3 Å². The van der Waals surface area contributed by atoms with Crippen LogP contribution in [0.25, 0.3) is 0 Å². The van der Waals surface area contributed by atoms with E-state index < -0.39 is 0 Å². The van der Waals surface area contributed by atoms with Gasteiger partial charge in [0, 0.05) is 0 Å². The number of rotatable bonds is 1. The van der Waals surface area contributed by atoms with Crippen molar-refractivity contribution < 1.29 is 4.79 Å². The van der Waals surface area contributed by atoms with E-state index in [9.17, 15) is 4.79 Å². The van der Waals surface area contributed by atoms with E-state index in [0.29, 0.717) is 25.6 Å². The van der Waals surface area contributed by atoms with Gasteiger partial charge in [-0.25, -0.2) is 0 Å². The maximum absolute atomic E-state index is 11.3. The topological polar surface area (TPSA) is 17.1 Å². The Morgan fingerprint density at radius 1 is 1.23 bits per heavy atom. The normalized spacial score (nSPS) is 23.1. The van der Waals surface area contributed by atoms with E-state index in [-0.39, 0.29) is 0 Å². The number of carbonyl (C=O) groups is 1. The molecule has 0 N–H and O–H groups in total. The Bertz CT molecular complexity index is 294. The van der Waals surface area contributed by atoms with Crippen LogP contribution in [0.1, 0.15) is 23.2 Å². The fourth-order valence-corrected chi connectivity index (χ4v) is 4.26. The van der Waals surface area contributed by atoms with Crippen molar-refractivity contribution in [2.45, 2.75) is 23.0 Å². The van der Waals surface area contributed by atoms with E-state index in [1.165, 1.54) is 5.56 Å². The number of benzene rings is 1. The van der Waals surface area contributed by atoms with Crippen LogP contribution in [0.2, 0.25) is 5.32 Å². The third-order valence-corrected chi connectivity index (χ3v) is 4.97. The summed E-state index contributed by atoms with van der Waals surface area (Å²) >= 11 is 0.634. The van der Waals surface area contributed by atoms with Crippen molar-refractivity contribution in [3.05, 3.63) is 35.9 Å². The molecule has 0 amide bonds. The van der Waals surface area contributed by atoms with Gasteiger partial charge < -0.3 is 0 Å². The third-order valence-electron chi connectivity index (χ3n) is 2.28. The molecule has 68 valence electrons. The summed E-state index contributed by atoms with van der Waals surface area (Å²) in [5.74, 6) is 0.446. The molecule has 0 aliphatic carbocycles. The fourth-order valence-electron chi connectivity index (χ4n) is 1.56. The summed E-state index contributed by atoms with van der Waals surface area (Å²) in [6, 6.07) is 10.4. The molecule has 1 heterocycles. The van der Waals surface area contributed by atoms with Gasteiger partial charge in [-0.2, -0.15) is 0 Å². The van der Waals surface area contributed by atoms with E-state index in [1.54, 1.807) is 0 Å². The Balaban J connectivity index is 2.13. The predicted octanol–water partition coefficient (Wildman–Crippen LogP) is 2.21. The second-order valence-corrected chi connectivity index (χ2v) is 6.01. The molecule has 1 aromatic rings. The number of hydrogen-bond acceptors (Lipinski definition) is 1. The van der Waals surface area contributed by atoms with Gasteiger partial charge >= 0.3 is 84.4 Å². The molecule has 0 aromatic heterocycles. The third kappa shape index (κ3) is 2.20. The summed E-state index contributed by atoms with van der Waals surface area (Å²) in [4.78, 5) is 11.8. The molecule has 0 unspecified atom stereocenters. The van der Waals surface area contributed by atoms with E-state index in [2.05, 4.69) is 24.3 Å². The van der Waals surface area contributed by atoms with Crippen molar-refractivity contribution in [1.82, 2.24) is 0 Å². The van der Waals surface area contributed by atoms with E-state index in [0.717, 1.165) is 18.2 Å².